The Balaban J connectivity index is 2.33. The van der Waals surface area contributed by atoms with Crippen LogP contribution < -0.4 is 5.73 Å². The zero-order chi connectivity index (χ0) is 14.5. The van der Waals surface area contributed by atoms with E-state index in [2.05, 4.69) is 16.8 Å². The predicted octanol–water partition coefficient (Wildman–Crippen LogP) is 1.55. The smallest absolute Gasteiger partial charge is 0.266 e. The van der Waals surface area contributed by atoms with Gasteiger partial charge in [0, 0.05) is 25.6 Å². The summed E-state index contributed by atoms with van der Waals surface area (Å²) in [7, 11) is 1.60. The van der Waals surface area contributed by atoms with Crippen LogP contribution in [0.4, 0.5) is 5.69 Å². The number of ether oxygens (including phenoxy) is 1. The third-order valence-electron chi connectivity index (χ3n) is 2.82. The number of nitrogens with two attached hydrogens (primary N) is 1. The van der Waals surface area contributed by atoms with Gasteiger partial charge in [0.05, 0.1) is 18.5 Å². The molecule has 1 amide bonds. The normalized spacial score (nSPS) is 10.7. The van der Waals surface area contributed by atoms with Crippen LogP contribution >= 0.6 is 11.3 Å². The van der Waals surface area contributed by atoms with Crippen molar-refractivity contribution >= 4 is 33.1 Å². The molecule has 0 spiro atoms. The summed E-state index contributed by atoms with van der Waals surface area (Å²) in [5, 5.41) is 8.55. The number of anilines is 1. The number of thiophene rings is 1. The zero-order valence-corrected chi connectivity index (χ0v) is 12.0. The monoisotopic (exact) mass is 292 g/mol. The molecule has 0 aliphatic heterocycles. The highest BCUT2D eigenvalue weighted by Crippen LogP contribution is 2.32. The maximum Gasteiger partial charge on any atom is 0.266 e. The number of nitrogens with zero attached hydrogens (tertiary/aromatic N) is 3. The molecular weight excluding hydrogens is 276 g/mol. The molecular formula is C13H16N4O2S. The second kappa shape index (κ2) is 6.44. The van der Waals surface area contributed by atoms with E-state index >= 15 is 0 Å². The topological polar surface area (TPSA) is 81.3 Å². The fourth-order valence-corrected chi connectivity index (χ4v) is 2.81. The summed E-state index contributed by atoms with van der Waals surface area (Å²) >= 11 is 1.25. The summed E-state index contributed by atoms with van der Waals surface area (Å²) in [6.07, 6.45) is 3.24. The highest BCUT2D eigenvalue weighted by atomic mass is 32.1. The quantitative estimate of drug-likeness (QED) is 0.817. The standard InChI is InChI=1S/C13H16N4O2S/c1-3-6-17(7-8-19-2)13(18)11-10(14)9-4-5-15-16-12(9)20-11/h3-5H,1,6-8,14H2,2H3. The summed E-state index contributed by atoms with van der Waals surface area (Å²) in [6.45, 7) is 5.06. The van der Waals surface area contributed by atoms with E-state index in [1.807, 2.05) is 0 Å². The van der Waals surface area contributed by atoms with Gasteiger partial charge in [0.15, 0.2) is 0 Å². The Morgan fingerprint density at radius 1 is 1.65 bits per heavy atom. The minimum absolute atomic E-state index is 0.137. The first-order chi connectivity index (χ1) is 9.69. The molecule has 6 nitrogen and oxygen atoms in total. The molecule has 106 valence electrons. The molecule has 0 saturated heterocycles. The molecule has 7 heteroatoms. The third-order valence-corrected chi connectivity index (χ3v) is 3.91. The van der Waals surface area contributed by atoms with Crippen LogP contribution in [0.1, 0.15) is 9.67 Å². The molecule has 0 aromatic carbocycles. The van der Waals surface area contributed by atoms with E-state index < -0.39 is 0 Å². The van der Waals surface area contributed by atoms with Crippen LogP contribution in [0, 0.1) is 0 Å². The van der Waals surface area contributed by atoms with E-state index in [1.54, 1.807) is 30.3 Å². The van der Waals surface area contributed by atoms with Crippen LogP contribution in [0.3, 0.4) is 0 Å². The van der Waals surface area contributed by atoms with Crippen LogP contribution in [0.25, 0.3) is 10.2 Å². The van der Waals surface area contributed by atoms with E-state index in [9.17, 15) is 4.79 Å². The average Bonchev–Trinajstić information content (AvgIpc) is 2.80. The maximum atomic E-state index is 12.5. The van der Waals surface area contributed by atoms with E-state index in [-0.39, 0.29) is 5.91 Å². The van der Waals surface area contributed by atoms with Crippen LogP contribution in [0.5, 0.6) is 0 Å². The fraction of sp³-hybridized carbons (Fsp3) is 0.308. The van der Waals surface area contributed by atoms with Gasteiger partial charge < -0.3 is 15.4 Å². The lowest BCUT2D eigenvalue weighted by Gasteiger charge is -2.20. The summed E-state index contributed by atoms with van der Waals surface area (Å²) in [5.41, 5.74) is 6.50. The number of amides is 1. The average molecular weight is 292 g/mol. The molecule has 2 N–H and O–H groups in total. The van der Waals surface area contributed by atoms with Crippen LogP contribution in [-0.2, 0) is 4.74 Å². The van der Waals surface area contributed by atoms with Gasteiger partial charge in [-0.1, -0.05) is 6.08 Å². The number of fused-ring (bicyclic) bond motifs is 1. The lowest BCUT2D eigenvalue weighted by Crippen LogP contribution is -2.33. The maximum absolute atomic E-state index is 12.5. The van der Waals surface area contributed by atoms with Gasteiger partial charge >= 0.3 is 0 Å². The van der Waals surface area contributed by atoms with Crippen LogP contribution in [-0.4, -0.2) is 47.8 Å². The van der Waals surface area contributed by atoms with Gasteiger partial charge in [0.1, 0.15) is 9.71 Å². The van der Waals surface area contributed by atoms with Gasteiger partial charge in [-0.3, -0.25) is 4.79 Å². The first-order valence-electron chi connectivity index (χ1n) is 6.07. The highest BCUT2D eigenvalue weighted by Gasteiger charge is 2.21. The second-order valence-corrected chi connectivity index (χ2v) is 5.13. The Bertz CT molecular complexity index is 626. The molecule has 2 aromatic rings. The van der Waals surface area contributed by atoms with Gasteiger partial charge in [-0.2, -0.15) is 5.10 Å². The van der Waals surface area contributed by atoms with Gasteiger partial charge in [-0.25, -0.2) is 0 Å². The van der Waals surface area contributed by atoms with Crippen molar-refractivity contribution < 1.29 is 9.53 Å². The predicted molar refractivity (Wildman–Crippen MR) is 79.8 cm³/mol. The van der Waals surface area contributed by atoms with Gasteiger partial charge in [-0.15, -0.1) is 23.0 Å². The SMILES string of the molecule is C=CCN(CCOC)C(=O)c1sc2nnccc2c1N. The lowest BCUT2D eigenvalue weighted by molar-refractivity contribution is 0.0724. The van der Waals surface area contributed by atoms with Crippen molar-refractivity contribution in [2.24, 2.45) is 0 Å². The molecule has 0 aliphatic carbocycles. The van der Waals surface area contributed by atoms with Crippen molar-refractivity contribution in [3.05, 3.63) is 29.8 Å². The summed E-state index contributed by atoms with van der Waals surface area (Å²) < 4.78 is 5.02. The Morgan fingerprint density at radius 2 is 2.45 bits per heavy atom. The van der Waals surface area contributed by atoms with E-state index in [1.165, 1.54) is 11.3 Å². The first kappa shape index (κ1) is 14.4. The summed E-state index contributed by atoms with van der Waals surface area (Å²) in [5.74, 6) is -0.137. The van der Waals surface area contributed by atoms with Crippen LogP contribution in [0.15, 0.2) is 24.9 Å². The van der Waals surface area contributed by atoms with Crippen molar-refractivity contribution in [2.75, 3.05) is 32.5 Å². The molecule has 0 unspecified atom stereocenters. The molecule has 2 aromatic heterocycles. The van der Waals surface area contributed by atoms with Gasteiger partial charge in [0.25, 0.3) is 5.91 Å². The Morgan fingerprint density at radius 3 is 3.10 bits per heavy atom. The molecule has 2 rings (SSSR count). The molecule has 20 heavy (non-hydrogen) atoms. The summed E-state index contributed by atoms with van der Waals surface area (Å²) in [6, 6.07) is 1.76. The van der Waals surface area contributed by atoms with Crippen molar-refractivity contribution in [3.8, 4) is 0 Å². The number of nitrogen functional groups attached to an aromatic ring is 1. The van der Waals surface area contributed by atoms with Crippen molar-refractivity contribution in [1.29, 1.82) is 0 Å². The van der Waals surface area contributed by atoms with E-state index in [0.717, 1.165) is 5.39 Å². The highest BCUT2D eigenvalue weighted by molar-refractivity contribution is 7.21. The number of hydrogen-bond donors (Lipinski definition) is 1. The second-order valence-electron chi connectivity index (χ2n) is 4.13. The number of carbonyl (C=O) groups is 1. The van der Waals surface area contributed by atoms with Crippen molar-refractivity contribution in [1.82, 2.24) is 15.1 Å². The number of methoxy groups -OCH3 is 1. The van der Waals surface area contributed by atoms with Crippen molar-refractivity contribution in [3.63, 3.8) is 0 Å². The minimum atomic E-state index is -0.137. The number of carbonyl (C=O) groups excluding carboxylic acids is 1. The number of rotatable bonds is 6. The molecule has 0 aliphatic rings. The minimum Gasteiger partial charge on any atom is -0.397 e. The van der Waals surface area contributed by atoms with Gasteiger partial charge in [0.2, 0.25) is 0 Å². The Labute approximate surface area is 120 Å². The van der Waals surface area contributed by atoms with Crippen LogP contribution in [0.2, 0.25) is 0 Å². The Hall–Kier alpha value is -1.99. The molecule has 0 atom stereocenters. The van der Waals surface area contributed by atoms with E-state index in [0.29, 0.717) is 35.1 Å². The molecule has 0 fully saturated rings. The zero-order valence-electron chi connectivity index (χ0n) is 11.2. The molecule has 0 saturated carbocycles. The Kier molecular flexibility index (Phi) is 4.65. The number of hydrogen-bond acceptors (Lipinski definition) is 6. The molecule has 0 radical (unpaired) electrons. The van der Waals surface area contributed by atoms with Crippen molar-refractivity contribution in [2.45, 2.75) is 0 Å². The molecule has 2 heterocycles. The largest absolute Gasteiger partial charge is 0.397 e. The first-order valence-corrected chi connectivity index (χ1v) is 6.89. The fourth-order valence-electron chi connectivity index (χ4n) is 1.81. The van der Waals surface area contributed by atoms with Gasteiger partial charge in [-0.05, 0) is 6.07 Å². The molecule has 0 bridgehead atoms. The number of aromatic nitrogens is 2. The third kappa shape index (κ3) is 2.78. The van der Waals surface area contributed by atoms with E-state index in [4.69, 9.17) is 10.5 Å². The lowest BCUT2D eigenvalue weighted by atomic mass is 10.2. The summed E-state index contributed by atoms with van der Waals surface area (Å²) in [4.78, 5) is 15.3.